The Morgan fingerprint density at radius 1 is 1.05 bits per heavy atom. The number of hydrogen-bond acceptors (Lipinski definition) is 2. The fourth-order valence-corrected chi connectivity index (χ4v) is 3.21. The minimum absolute atomic E-state index is 0.0613. The molecule has 0 heterocycles. The highest BCUT2D eigenvalue weighted by molar-refractivity contribution is 8.00. The van der Waals surface area contributed by atoms with Crippen molar-refractivity contribution in [1.82, 2.24) is 5.32 Å². The third-order valence-electron chi connectivity index (χ3n) is 3.59. The number of carbonyl (C=O) groups excluding carboxylic acids is 1. The predicted octanol–water partition coefficient (Wildman–Crippen LogP) is 4.60. The zero-order chi connectivity index (χ0) is 15.9. The predicted molar refractivity (Wildman–Crippen MR) is 94.1 cm³/mol. The van der Waals surface area contributed by atoms with E-state index in [1.807, 2.05) is 30.3 Å². The Bertz CT molecular complexity index is 610. The SMILES string of the molecule is Cc1ccccc1SCC(=O)NC(c1ccccc1)C(C)C. The van der Waals surface area contributed by atoms with Crippen LogP contribution in [0.2, 0.25) is 0 Å². The molecule has 0 bridgehead atoms. The fourth-order valence-electron chi connectivity index (χ4n) is 2.37. The first kappa shape index (κ1) is 16.6. The normalized spacial score (nSPS) is 12.2. The average molecular weight is 313 g/mol. The van der Waals surface area contributed by atoms with Crippen LogP contribution in [0.15, 0.2) is 59.5 Å². The van der Waals surface area contributed by atoms with Gasteiger partial charge in [-0.05, 0) is 30.0 Å². The van der Waals surface area contributed by atoms with Crippen molar-refractivity contribution in [2.45, 2.75) is 31.7 Å². The molecule has 0 saturated heterocycles. The number of rotatable bonds is 6. The maximum Gasteiger partial charge on any atom is 0.230 e. The molecular weight excluding hydrogens is 290 g/mol. The van der Waals surface area contributed by atoms with Gasteiger partial charge in [0.25, 0.3) is 0 Å². The maximum absolute atomic E-state index is 12.3. The molecule has 0 aromatic heterocycles. The van der Waals surface area contributed by atoms with Crippen LogP contribution in [-0.4, -0.2) is 11.7 Å². The first-order valence-corrected chi connectivity index (χ1v) is 8.59. The highest BCUT2D eigenvalue weighted by atomic mass is 32.2. The molecule has 3 heteroatoms. The lowest BCUT2D eigenvalue weighted by atomic mass is 9.96. The fraction of sp³-hybridized carbons (Fsp3) is 0.316. The second-order valence-electron chi connectivity index (χ2n) is 5.75. The van der Waals surface area contributed by atoms with Crippen LogP contribution in [0.1, 0.15) is 31.0 Å². The van der Waals surface area contributed by atoms with Crippen molar-refractivity contribution in [1.29, 1.82) is 0 Å². The van der Waals surface area contributed by atoms with E-state index in [-0.39, 0.29) is 11.9 Å². The lowest BCUT2D eigenvalue weighted by Gasteiger charge is -2.23. The first-order valence-electron chi connectivity index (χ1n) is 7.60. The Balaban J connectivity index is 1.96. The molecule has 2 aromatic rings. The van der Waals surface area contributed by atoms with Crippen LogP contribution >= 0.6 is 11.8 Å². The lowest BCUT2D eigenvalue weighted by molar-refractivity contribution is -0.119. The van der Waals surface area contributed by atoms with E-state index in [9.17, 15) is 4.79 Å². The van der Waals surface area contributed by atoms with Gasteiger partial charge >= 0.3 is 0 Å². The topological polar surface area (TPSA) is 29.1 Å². The summed E-state index contributed by atoms with van der Waals surface area (Å²) in [5.74, 6) is 0.881. The summed E-state index contributed by atoms with van der Waals surface area (Å²) in [6.07, 6.45) is 0. The zero-order valence-corrected chi connectivity index (χ0v) is 14.2. The van der Waals surface area contributed by atoms with Gasteiger partial charge in [-0.2, -0.15) is 0 Å². The monoisotopic (exact) mass is 313 g/mol. The number of nitrogens with one attached hydrogen (secondary N) is 1. The lowest BCUT2D eigenvalue weighted by Crippen LogP contribution is -2.32. The van der Waals surface area contributed by atoms with E-state index in [1.165, 1.54) is 10.5 Å². The molecule has 1 atom stereocenters. The van der Waals surface area contributed by atoms with Crippen LogP contribution < -0.4 is 5.32 Å². The van der Waals surface area contributed by atoms with E-state index < -0.39 is 0 Å². The van der Waals surface area contributed by atoms with Gasteiger partial charge in [-0.3, -0.25) is 4.79 Å². The van der Waals surface area contributed by atoms with E-state index in [1.54, 1.807) is 11.8 Å². The molecule has 0 aliphatic carbocycles. The first-order chi connectivity index (χ1) is 10.6. The van der Waals surface area contributed by atoms with Gasteiger partial charge in [-0.15, -0.1) is 11.8 Å². The number of amides is 1. The van der Waals surface area contributed by atoms with Crippen LogP contribution in [0.4, 0.5) is 0 Å². The van der Waals surface area contributed by atoms with Crippen LogP contribution in [0.25, 0.3) is 0 Å². The van der Waals surface area contributed by atoms with Crippen molar-refractivity contribution in [2.75, 3.05) is 5.75 Å². The maximum atomic E-state index is 12.3. The summed E-state index contributed by atoms with van der Waals surface area (Å²) in [5.41, 5.74) is 2.37. The summed E-state index contributed by atoms with van der Waals surface area (Å²) in [7, 11) is 0. The van der Waals surface area contributed by atoms with E-state index in [0.717, 1.165) is 5.56 Å². The van der Waals surface area contributed by atoms with Crippen LogP contribution in [-0.2, 0) is 4.79 Å². The van der Waals surface area contributed by atoms with E-state index >= 15 is 0 Å². The van der Waals surface area contributed by atoms with Crippen molar-refractivity contribution >= 4 is 17.7 Å². The van der Waals surface area contributed by atoms with Crippen molar-refractivity contribution in [3.05, 3.63) is 65.7 Å². The van der Waals surface area contributed by atoms with Gasteiger partial charge in [-0.25, -0.2) is 0 Å². The molecule has 1 unspecified atom stereocenters. The summed E-state index contributed by atoms with van der Waals surface area (Å²) < 4.78 is 0. The summed E-state index contributed by atoms with van der Waals surface area (Å²) in [5, 5.41) is 3.16. The van der Waals surface area contributed by atoms with Gasteiger partial charge in [0.2, 0.25) is 5.91 Å². The van der Waals surface area contributed by atoms with Crippen LogP contribution in [0.3, 0.4) is 0 Å². The van der Waals surface area contributed by atoms with Gasteiger partial charge in [0, 0.05) is 4.90 Å². The molecule has 2 aromatic carbocycles. The Morgan fingerprint density at radius 3 is 2.32 bits per heavy atom. The highest BCUT2D eigenvalue weighted by Gasteiger charge is 2.18. The third-order valence-corrected chi connectivity index (χ3v) is 4.77. The molecule has 0 spiro atoms. The molecule has 0 saturated carbocycles. The van der Waals surface area contributed by atoms with Crippen molar-refractivity contribution < 1.29 is 4.79 Å². The van der Waals surface area contributed by atoms with Gasteiger partial charge < -0.3 is 5.32 Å². The Kier molecular flexibility index (Phi) is 6.08. The van der Waals surface area contributed by atoms with Gasteiger partial charge in [0.15, 0.2) is 0 Å². The largest absolute Gasteiger partial charge is 0.348 e. The van der Waals surface area contributed by atoms with Gasteiger partial charge in [0.05, 0.1) is 11.8 Å². The number of carbonyl (C=O) groups is 1. The van der Waals surface area contributed by atoms with E-state index in [4.69, 9.17) is 0 Å². The quantitative estimate of drug-likeness (QED) is 0.790. The van der Waals surface area contributed by atoms with E-state index in [2.05, 4.69) is 50.4 Å². The van der Waals surface area contributed by atoms with Crippen molar-refractivity contribution in [3.63, 3.8) is 0 Å². The van der Waals surface area contributed by atoms with Crippen molar-refractivity contribution in [2.24, 2.45) is 5.92 Å². The molecule has 2 nitrogen and oxygen atoms in total. The number of hydrogen-bond donors (Lipinski definition) is 1. The molecule has 0 fully saturated rings. The molecule has 1 N–H and O–H groups in total. The van der Waals surface area contributed by atoms with Crippen LogP contribution in [0, 0.1) is 12.8 Å². The minimum Gasteiger partial charge on any atom is -0.348 e. The Hall–Kier alpha value is -1.74. The minimum atomic E-state index is 0.0613. The smallest absolute Gasteiger partial charge is 0.230 e. The second kappa shape index (κ2) is 8.04. The molecule has 1 amide bonds. The molecular formula is C19H23NOS. The standard InChI is InChI=1S/C19H23NOS/c1-14(2)19(16-10-5-4-6-11-16)20-18(21)13-22-17-12-8-7-9-15(17)3/h4-12,14,19H,13H2,1-3H3,(H,20,21). The molecule has 0 aliphatic rings. The number of aryl methyl sites for hydroxylation is 1. The second-order valence-corrected chi connectivity index (χ2v) is 6.77. The molecule has 0 aliphatic heterocycles. The molecule has 116 valence electrons. The number of thioether (sulfide) groups is 1. The average Bonchev–Trinajstić information content (AvgIpc) is 2.52. The van der Waals surface area contributed by atoms with Gasteiger partial charge in [0.1, 0.15) is 0 Å². The van der Waals surface area contributed by atoms with E-state index in [0.29, 0.717) is 11.7 Å². The van der Waals surface area contributed by atoms with Gasteiger partial charge in [-0.1, -0.05) is 62.4 Å². The zero-order valence-electron chi connectivity index (χ0n) is 13.4. The van der Waals surface area contributed by atoms with Crippen LogP contribution in [0.5, 0.6) is 0 Å². The molecule has 22 heavy (non-hydrogen) atoms. The summed E-state index contributed by atoms with van der Waals surface area (Å²) >= 11 is 1.59. The summed E-state index contributed by atoms with van der Waals surface area (Å²) in [4.78, 5) is 13.4. The summed E-state index contributed by atoms with van der Waals surface area (Å²) in [6.45, 7) is 6.33. The summed E-state index contributed by atoms with van der Waals surface area (Å²) in [6, 6.07) is 18.4. The molecule has 2 rings (SSSR count). The molecule has 0 radical (unpaired) electrons. The highest BCUT2D eigenvalue weighted by Crippen LogP contribution is 2.24. The number of benzene rings is 2. The van der Waals surface area contributed by atoms with Crippen molar-refractivity contribution in [3.8, 4) is 0 Å². The Morgan fingerprint density at radius 2 is 1.68 bits per heavy atom. The third kappa shape index (κ3) is 4.63. The Labute approximate surface area is 137 Å².